The number of ether oxygens (including phenoxy) is 1. The van der Waals surface area contributed by atoms with Crippen molar-refractivity contribution in [3.8, 4) is 0 Å². The number of hydrogen-bond donors (Lipinski definition) is 3. The first-order valence-electron chi connectivity index (χ1n) is 9.73. The number of anilines is 1. The van der Waals surface area contributed by atoms with Crippen LogP contribution in [0.2, 0.25) is 0 Å². The molecule has 3 N–H and O–H groups in total. The third kappa shape index (κ3) is 4.56. The molecule has 2 unspecified atom stereocenters. The molecule has 0 bridgehead atoms. The van der Waals surface area contributed by atoms with Crippen molar-refractivity contribution in [1.82, 2.24) is 20.5 Å². The van der Waals surface area contributed by atoms with Crippen molar-refractivity contribution in [3.63, 3.8) is 0 Å². The molecule has 3 aromatic rings. The Morgan fingerprint density at radius 1 is 1.34 bits per heavy atom. The van der Waals surface area contributed by atoms with Crippen LogP contribution in [0, 0.1) is 0 Å². The largest absolute Gasteiger partial charge is 0.446 e. The molecular weight excluding hydrogens is 390 g/mol. The van der Waals surface area contributed by atoms with E-state index in [2.05, 4.69) is 25.8 Å². The van der Waals surface area contributed by atoms with E-state index in [0.717, 1.165) is 40.7 Å². The summed E-state index contributed by atoms with van der Waals surface area (Å²) in [5.41, 5.74) is 4.51. The van der Waals surface area contributed by atoms with Gasteiger partial charge in [-0.3, -0.25) is 9.89 Å². The lowest BCUT2D eigenvalue weighted by atomic mass is 10.0. The van der Waals surface area contributed by atoms with E-state index < -0.39 is 0 Å². The van der Waals surface area contributed by atoms with Crippen LogP contribution in [0.15, 0.2) is 29.8 Å². The molecule has 8 nitrogen and oxygen atoms in total. The number of para-hydroxylation sites is 1. The maximum atomic E-state index is 12.5. The SMILES string of the molecule is CCNC(=O)OC1CCC(c2cc(NC(=O)Cc3cccc4scnc34)n[nH]2)C1. The van der Waals surface area contributed by atoms with Gasteiger partial charge in [-0.1, -0.05) is 12.1 Å². The van der Waals surface area contributed by atoms with Crippen LogP contribution in [0.25, 0.3) is 10.2 Å². The number of carbonyl (C=O) groups excluding carboxylic acids is 2. The predicted octanol–water partition coefficient (Wildman–Crippen LogP) is 3.58. The summed E-state index contributed by atoms with van der Waals surface area (Å²) in [6.07, 6.45) is 2.26. The van der Waals surface area contributed by atoms with Crippen molar-refractivity contribution in [2.75, 3.05) is 11.9 Å². The molecule has 1 fully saturated rings. The van der Waals surface area contributed by atoms with Gasteiger partial charge in [0.25, 0.3) is 0 Å². The number of nitrogens with one attached hydrogen (secondary N) is 3. The van der Waals surface area contributed by atoms with E-state index >= 15 is 0 Å². The van der Waals surface area contributed by atoms with Gasteiger partial charge in [-0.25, -0.2) is 9.78 Å². The van der Waals surface area contributed by atoms with Gasteiger partial charge in [0.15, 0.2) is 5.82 Å². The number of aromatic amines is 1. The van der Waals surface area contributed by atoms with Crippen LogP contribution in [0.1, 0.15) is 43.4 Å². The van der Waals surface area contributed by atoms with Crippen LogP contribution < -0.4 is 10.6 Å². The molecule has 0 radical (unpaired) electrons. The number of rotatable bonds is 6. The minimum atomic E-state index is -0.370. The summed E-state index contributed by atoms with van der Waals surface area (Å²) in [7, 11) is 0. The van der Waals surface area contributed by atoms with Crippen LogP contribution in [0.3, 0.4) is 0 Å². The lowest BCUT2D eigenvalue weighted by molar-refractivity contribution is -0.115. The van der Waals surface area contributed by atoms with Crippen molar-refractivity contribution < 1.29 is 14.3 Å². The highest BCUT2D eigenvalue weighted by atomic mass is 32.1. The van der Waals surface area contributed by atoms with Crippen molar-refractivity contribution in [3.05, 3.63) is 41.0 Å². The normalized spacial score (nSPS) is 18.7. The fourth-order valence-electron chi connectivity index (χ4n) is 3.72. The quantitative estimate of drug-likeness (QED) is 0.572. The van der Waals surface area contributed by atoms with E-state index in [1.807, 2.05) is 31.2 Å². The minimum Gasteiger partial charge on any atom is -0.446 e. The van der Waals surface area contributed by atoms with E-state index in [0.29, 0.717) is 12.4 Å². The van der Waals surface area contributed by atoms with Gasteiger partial charge < -0.3 is 15.4 Å². The van der Waals surface area contributed by atoms with Gasteiger partial charge in [0.2, 0.25) is 5.91 Å². The predicted molar refractivity (Wildman–Crippen MR) is 111 cm³/mol. The summed E-state index contributed by atoms with van der Waals surface area (Å²) in [4.78, 5) is 28.4. The van der Waals surface area contributed by atoms with E-state index in [1.165, 1.54) is 0 Å². The zero-order valence-corrected chi connectivity index (χ0v) is 16.9. The average Bonchev–Trinajstić information content (AvgIpc) is 3.42. The van der Waals surface area contributed by atoms with Crippen LogP contribution in [-0.4, -0.2) is 39.8 Å². The molecule has 2 aromatic heterocycles. The smallest absolute Gasteiger partial charge is 0.407 e. The topological polar surface area (TPSA) is 109 Å². The number of alkyl carbamates (subject to hydrolysis) is 1. The molecule has 152 valence electrons. The molecule has 1 saturated carbocycles. The number of hydrogen-bond acceptors (Lipinski definition) is 6. The zero-order valence-electron chi connectivity index (χ0n) is 16.1. The molecule has 2 heterocycles. The van der Waals surface area contributed by atoms with Gasteiger partial charge in [-0.2, -0.15) is 5.10 Å². The Morgan fingerprint density at radius 2 is 2.24 bits per heavy atom. The maximum Gasteiger partial charge on any atom is 0.407 e. The molecular formula is C20H23N5O3S. The lowest BCUT2D eigenvalue weighted by Gasteiger charge is -2.12. The van der Waals surface area contributed by atoms with Gasteiger partial charge in [0, 0.05) is 24.2 Å². The first-order valence-corrected chi connectivity index (χ1v) is 10.6. The number of fused-ring (bicyclic) bond motifs is 1. The van der Waals surface area contributed by atoms with Crippen molar-refractivity contribution in [1.29, 1.82) is 0 Å². The fraction of sp³-hybridized carbons (Fsp3) is 0.400. The zero-order chi connectivity index (χ0) is 20.2. The number of H-pyrrole nitrogens is 1. The first kappa shape index (κ1) is 19.4. The van der Waals surface area contributed by atoms with Gasteiger partial charge in [0.1, 0.15) is 6.10 Å². The highest BCUT2D eigenvalue weighted by molar-refractivity contribution is 7.16. The van der Waals surface area contributed by atoms with Crippen molar-refractivity contribution in [2.24, 2.45) is 0 Å². The molecule has 1 aromatic carbocycles. The number of carbonyl (C=O) groups is 2. The molecule has 1 aliphatic carbocycles. The van der Waals surface area contributed by atoms with Gasteiger partial charge >= 0.3 is 6.09 Å². The van der Waals surface area contributed by atoms with Crippen molar-refractivity contribution in [2.45, 2.75) is 44.6 Å². The highest BCUT2D eigenvalue weighted by Gasteiger charge is 2.30. The average molecular weight is 414 g/mol. The van der Waals surface area contributed by atoms with E-state index in [-0.39, 0.29) is 30.4 Å². The summed E-state index contributed by atoms with van der Waals surface area (Å²) in [5, 5.41) is 12.7. The van der Waals surface area contributed by atoms with Crippen molar-refractivity contribution >= 4 is 39.4 Å². The highest BCUT2D eigenvalue weighted by Crippen LogP contribution is 2.35. The number of nitrogens with zero attached hydrogens (tertiary/aromatic N) is 2. The summed E-state index contributed by atoms with van der Waals surface area (Å²) in [6.45, 7) is 2.41. The summed E-state index contributed by atoms with van der Waals surface area (Å²) in [5.74, 6) is 0.604. The molecule has 0 aliphatic heterocycles. The standard InChI is InChI=1S/C20H23N5O3S/c1-2-21-20(27)28-14-7-6-12(8-14)15-10-17(25-24-15)23-18(26)9-13-4-3-5-16-19(13)22-11-29-16/h3-5,10-12,14H,2,6-9H2,1H3,(H,21,27)(H2,23,24,25,26). The minimum absolute atomic E-state index is 0.0912. The fourth-order valence-corrected chi connectivity index (χ4v) is 4.45. The van der Waals surface area contributed by atoms with Crippen LogP contribution in [-0.2, 0) is 16.0 Å². The summed E-state index contributed by atoms with van der Waals surface area (Å²) in [6, 6.07) is 7.72. The number of thiazole rings is 1. The van der Waals surface area contributed by atoms with Crippen LogP contribution >= 0.6 is 11.3 Å². The molecule has 2 amide bonds. The van der Waals surface area contributed by atoms with E-state index in [9.17, 15) is 9.59 Å². The second-order valence-electron chi connectivity index (χ2n) is 7.12. The Balaban J connectivity index is 1.33. The molecule has 0 saturated heterocycles. The molecule has 2 atom stereocenters. The van der Waals surface area contributed by atoms with Gasteiger partial charge in [0.05, 0.1) is 22.1 Å². The second kappa shape index (κ2) is 8.60. The number of aromatic nitrogens is 3. The third-order valence-electron chi connectivity index (χ3n) is 5.08. The Kier molecular flexibility index (Phi) is 5.75. The molecule has 0 spiro atoms. The third-order valence-corrected chi connectivity index (χ3v) is 5.87. The number of benzene rings is 1. The molecule has 1 aliphatic rings. The Labute approximate surface area is 172 Å². The number of amides is 2. The lowest BCUT2D eigenvalue weighted by Crippen LogP contribution is -2.27. The Morgan fingerprint density at radius 3 is 3.10 bits per heavy atom. The van der Waals surface area contributed by atoms with Crippen LogP contribution in [0.4, 0.5) is 10.6 Å². The van der Waals surface area contributed by atoms with E-state index in [4.69, 9.17) is 4.74 Å². The Hall–Kier alpha value is -2.94. The molecule has 4 rings (SSSR count). The second-order valence-corrected chi connectivity index (χ2v) is 8.00. The van der Waals surface area contributed by atoms with E-state index in [1.54, 1.807) is 16.8 Å². The van der Waals surface area contributed by atoms with Gasteiger partial charge in [-0.15, -0.1) is 11.3 Å². The first-order chi connectivity index (χ1) is 14.1. The maximum absolute atomic E-state index is 12.5. The van der Waals surface area contributed by atoms with Gasteiger partial charge in [-0.05, 0) is 37.8 Å². The summed E-state index contributed by atoms with van der Waals surface area (Å²) < 4.78 is 6.48. The Bertz CT molecular complexity index is 1010. The van der Waals surface area contributed by atoms with Crippen LogP contribution in [0.5, 0.6) is 0 Å². The molecule has 29 heavy (non-hydrogen) atoms. The molecule has 9 heteroatoms. The monoisotopic (exact) mass is 413 g/mol. The summed E-state index contributed by atoms with van der Waals surface area (Å²) >= 11 is 1.56.